The Kier molecular flexibility index (Phi) is 24.0. The number of hydrogen-bond donors (Lipinski definition) is 2. The van der Waals surface area contributed by atoms with Crippen molar-refractivity contribution < 1.29 is 10.4 Å². The van der Waals surface area contributed by atoms with E-state index >= 15 is 0 Å². The molecule has 0 aromatic rings. The summed E-state index contributed by atoms with van der Waals surface area (Å²) < 4.78 is 0. The van der Waals surface area contributed by atoms with E-state index in [1.165, 1.54) is 10.2 Å². The molecule has 0 heterocycles. The Hall–Kier alpha value is -0.843. The van der Waals surface area contributed by atoms with Crippen molar-refractivity contribution in [2.75, 3.05) is 0 Å². The highest BCUT2D eigenvalue weighted by Crippen LogP contribution is 1.63. The highest BCUT2D eigenvalue weighted by atomic mass is 28.1. The van der Waals surface area contributed by atoms with Crippen molar-refractivity contribution in [2.24, 2.45) is 10.3 Å². The van der Waals surface area contributed by atoms with E-state index in [1.807, 2.05) is 0 Å². The minimum absolute atomic E-state index is 0.685. The summed E-state index contributed by atoms with van der Waals surface area (Å²) in [5, 5.41) is 21.1. The highest BCUT2D eigenvalue weighted by molar-refractivity contribution is 6.05. The van der Waals surface area contributed by atoms with Crippen LogP contribution in [-0.2, 0) is 0 Å². The first-order chi connectivity index (χ1) is 5.54. The molecule has 0 radical (unpaired) electrons. The van der Waals surface area contributed by atoms with Gasteiger partial charge in [-0.2, -0.15) is 0 Å². The average molecular weight is 192 g/mol. The Bertz CT molecular complexity index is 111. The van der Waals surface area contributed by atoms with Crippen LogP contribution in [0.2, 0.25) is 6.55 Å². The van der Waals surface area contributed by atoms with Crippen LogP contribution in [-0.4, -0.2) is 32.1 Å². The first-order valence-corrected chi connectivity index (χ1v) is 5.85. The molecule has 0 atom stereocenters. The smallest absolute Gasteiger partial charge is 0.0509 e. The fourth-order valence-electron chi connectivity index (χ4n) is 0. The molecule has 74 valence electrons. The van der Waals surface area contributed by atoms with Gasteiger partial charge in [-0.25, -0.2) is 0 Å². The molecular weight excluding hydrogens is 172 g/mol. The summed E-state index contributed by atoms with van der Waals surface area (Å²) in [6.45, 7) is 9.03. The second-order valence-electron chi connectivity index (χ2n) is 2.09. The predicted octanol–water partition coefficient (Wildman–Crippen LogP) is 1.11. The molecule has 0 fully saturated rings. The highest BCUT2D eigenvalue weighted by Gasteiger charge is 1.65. The van der Waals surface area contributed by atoms with Crippen molar-refractivity contribution in [1.82, 2.24) is 0 Å². The van der Waals surface area contributed by atoms with E-state index in [-0.39, 0.29) is 0 Å². The van der Waals surface area contributed by atoms with Gasteiger partial charge in [0.05, 0.1) is 11.4 Å². The largest absolute Gasteiger partial charge is 0.411 e. The molecule has 0 aliphatic carbocycles. The minimum Gasteiger partial charge on any atom is -0.411 e. The quantitative estimate of drug-likeness (QED) is 0.261. The Labute approximate surface area is 77.4 Å². The fourth-order valence-corrected chi connectivity index (χ4v) is 0. The lowest BCUT2D eigenvalue weighted by Gasteiger charge is -1.72. The molecule has 0 aromatic carbocycles. The standard InChI is InChI=1S/2C3H7NO.CH6Si/c2*1-3(2)4-5;1-2/h2*5H,1-2H3;1-2H3. The predicted molar refractivity (Wildman–Crippen MR) is 56.9 cm³/mol. The summed E-state index contributed by atoms with van der Waals surface area (Å²) in [6, 6.07) is 0. The van der Waals surface area contributed by atoms with Gasteiger partial charge < -0.3 is 10.4 Å². The monoisotopic (exact) mass is 192 g/mol. The second kappa shape index (κ2) is 16.6. The fraction of sp³-hybridized carbons (Fsp3) is 0.714. The van der Waals surface area contributed by atoms with E-state index < -0.39 is 0 Å². The first-order valence-electron chi connectivity index (χ1n) is 3.85. The number of oxime groups is 2. The van der Waals surface area contributed by atoms with Crippen molar-refractivity contribution >= 4 is 21.7 Å². The van der Waals surface area contributed by atoms with Crippen LogP contribution >= 0.6 is 0 Å². The van der Waals surface area contributed by atoms with Crippen molar-refractivity contribution in [3.63, 3.8) is 0 Å². The molecule has 0 amide bonds. The van der Waals surface area contributed by atoms with E-state index in [1.54, 1.807) is 27.7 Å². The maximum atomic E-state index is 7.73. The zero-order valence-electron chi connectivity index (χ0n) is 8.79. The van der Waals surface area contributed by atoms with Gasteiger partial charge in [0, 0.05) is 0 Å². The summed E-state index contributed by atoms with van der Waals surface area (Å²) >= 11 is 0. The molecule has 0 rings (SSSR count). The van der Waals surface area contributed by atoms with Crippen LogP contribution in [0.1, 0.15) is 27.7 Å². The molecule has 0 aliphatic heterocycles. The van der Waals surface area contributed by atoms with Gasteiger partial charge in [-0.15, -0.1) is 0 Å². The van der Waals surface area contributed by atoms with E-state index in [0.717, 1.165) is 0 Å². The van der Waals surface area contributed by atoms with Gasteiger partial charge in [-0.05, 0) is 37.9 Å². The van der Waals surface area contributed by atoms with Crippen molar-refractivity contribution in [1.29, 1.82) is 0 Å². The molecule has 0 bridgehead atoms. The Morgan fingerprint density at radius 3 is 0.917 bits per heavy atom. The summed E-state index contributed by atoms with van der Waals surface area (Å²) in [7, 11) is 1.31. The molecule has 0 saturated carbocycles. The lowest BCUT2D eigenvalue weighted by Crippen LogP contribution is -1.74. The lowest BCUT2D eigenvalue weighted by atomic mass is 10.5. The molecule has 12 heavy (non-hydrogen) atoms. The minimum atomic E-state index is 0.685. The van der Waals surface area contributed by atoms with Crippen molar-refractivity contribution in [2.45, 2.75) is 34.2 Å². The molecular formula is C7H20N2O2Si. The third-order valence-electron chi connectivity index (χ3n) is 0.400. The van der Waals surface area contributed by atoms with Crippen LogP contribution in [0, 0.1) is 0 Å². The van der Waals surface area contributed by atoms with Gasteiger partial charge in [-0.3, -0.25) is 0 Å². The summed E-state index contributed by atoms with van der Waals surface area (Å²) in [5.74, 6) is 0. The van der Waals surface area contributed by atoms with Crippen LogP contribution in [0.5, 0.6) is 0 Å². The molecule has 0 aromatic heterocycles. The van der Waals surface area contributed by atoms with Crippen LogP contribution in [0.3, 0.4) is 0 Å². The molecule has 2 N–H and O–H groups in total. The molecule has 0 aliphatic rings. The summed E-state index contributed by atoms with van der Waals surface area (Å²) in [6.07, 6.45) is 0. The van der Waals surface area contributed by atoms with Crippen molar-refractivity contribution in [3.8, 4) is 0 Å². The van der Waals surface area contributed by atoms with Gasteiger partial charge in [0.15, 0.2) is 0 Å². The summed E-state index contributed by atoms with van der Waals surface area (Å²) in [5.41, 5.74) is 1.37. The molecule has 5 heteroatoms. The maximum absolute atomic E-state index is 7.73. The molecule has 0 saturated heterocycles. The Balaban J connectivity index is -0.000000112. The number of hydrogen-bond acceptors (Lipinski definition) is 4. The van der Waals surface area contributed by atoms with Crippen LogP contribution in [0.25, 0.3) is 0 Å². The van der Waals surface area contributed by atoms with Gasteiger partial charge >= 0.3 is 0 Å². The Morgan fingerprint density at radius 2 is 0.917 bits per heavy atom. The normalized spacial score (nSPS) is 6.42. The lowest BCUT2D eigenvalue weighted by molar-refractivity contribution is 0.318. The van der Waals surface area contributed by atoms with Gasteiger partial charge in [0.25, 0.3) is 0 Å². The third-order valence-corrected chi connectivity index (χ3v) is 0.400. The van der Waals surface area contributed by atoms with Crippen LogP contribution < -0.4 is 0 Å². The van der Waals surface area contributed by atoms with E-state index in [2.05, 4.69) is 16.9 Å². The van der Waals surface area contributed by atoms with E-state index in [9.17, 15) is 0 Å². The topological polar surface area (TPSA) is 65.2 Å². The first kappa shape index (κ1) is 17.3. The van der Waals surface area contributed by atoms with E-state index in [0.29, 0.717) is 11.4 Å². The molecule has 0 spiro atoms. The maximum Gasteiger partial charge on any atom is 0.0509 e. The van der Waals surface area contributed by atoms with E-state index in [4.69, 9.17) is 10.4 Å². The van der Waals surface area contributed by atoms with Crippen molar-refractivity contribution in [3.05, 3.63) is 0 Å². The van der Waals surface area contributed by atoms with Gasteiger partial charge in [0.2, 0.25) is 0 Å². The second-order valence-corrected chi connectivity index (χ2v) is 2.09. The summed E-state index contributed by atoms with van der Waals surface area (Å²) in [4.78, 5) is 0. The zero-order chi connectivity index (χ0) is 10.6. The zero-order valence-corrected chi connectivity index (χ0v) is 10.8. The Morgan fingerprint density at radius 1 is 0.833 bits per heavy atom. The number of nitrogens with zero attached hydrogens (tertiary/aromatic N) is 2. The van der Waals surface area contributed by atoms with Gasteiger partial charge in [0.1, 0.15) is 0 Å². The molecule has 4 nitrogen and oxygen atoms in total. The average Bonchev–Trinajstić information content (AvgIpc) is 2.09. The van der Waals surface area contributed by atoms with Gasteiger partial charge in [-0.1, -0.05) is 16.9 Å². The third kappa shape index (κ3) is 61.1. The number of rotatable bonds is 0. The molecule has 0 unspecified atom stereocenters. The SMILES string of the molecule is CC(C)=NO.CC(C)=NO.C[SiH3]. The van der Waals surface area contributed by atoms with Crippen LogP contribution in [0.4, 0.5) is 0 Å². The van der Waals surface area contributed by atoms with Crippen LogP contribution in [0.15, 0.2) is 10.3 Å².